The number of hydrogen-bond donors (Lipinski definition) is 1. The standard InChI is InChI=1S/C16H26N4O2S2/c1-8-9-20(10-11(21)22)12-17-13(23-15(2,3)4)19-14(18-12)24-16(5,6)7/h8H,1,9-10H2,2-7H3,(H,21,22). The SMILES string of the molecule is C=CCN(CC(=O)O)c1nc(SC(C)(C)C)nc(SC(C)(C)C)n1. The monoisotopic (exact) mass is 370 g/mol. The number of aromatic nitrogens is 3. The van der Waals surface area contributed by atoms with Crippen molar-refractivity contribution < 1.29 is 9.90 Å². The van der Waals surface area contributed by atoms with Crippen molar-refractivity contribution in [3.63, 3.8) is 0 Å². The van der Waals surface area contributed by atoms with Gasteiger partial charge in [0.2, 0.25) is 5.95 Å². The fourth-order valence-corrected chi connectivity index (χ4v) is 3.32. The van der Waals surface area contributed by atoms with Gasteiger partial charge in [0.15, 0.2) is 10.3 Å². The van der Waals surface area contributed by atoms with Crippen LogP contribution in [0.1, 0.15) is 41.5 Å². The number of carboxylic acids is 1. The predicted octanol–water partition coefficient (Wildman–Crippen LogP) is 3.73. The molecule has 1 rings (SSSR count). The number of hydrogen-bond acceptors (Lipinski definition) is 7. The molecule has 0 aliphatic carbocycles. The van der Waals surface area contributed by atoms with Gasteiger partial charge in [0.1, 0.15) is 6.54 Å². The van der Waals surface area contributed by atoms with Crippen LogP contribution in [0.2, 0.25) is 0 Å². The first-order chi connectivity index (χ1) is 10.9. The Morgan fingerprint density at radius 3 is 1.88 bits per heavy atom. The summed E-state index contributed by atoms with van der Waals surface area (Å²) in [5.74, 6) is -0.571. The molecule has 6 nitrogen and oxygen atoms in total. The van der Waals surface area contributed by atoms with E-state index in [9.17, 15) is 4.79 Å². The first-order valence-corrected chi connectivity index (χ1v) is 9.24. The lowest BCUT2D eigenvalue weighted by molar-refractivity contribution is -0.135. The fraction of sp³-hybridized carbons (Fsp3) is 0.625. The Morgan fingerprint density at radius 1 is 1.08 bits per heavy atom. The molecule has 0 aliphatic heterocycles. The van der Waals surface area contributed by atoms with Gasteiger partial charge in [-0.2, -0.15) is 15.0 Å². The van der Waals surface area contributed by atoms with Crippen LogP contribution in [-0.4, -0.2) is 48.6 Å². The second-order valence-corrected chi connectivity index (χ2v) is 10.8. The molecule has 1 N–H and O–H groups in total. The van der Waals surface area contributed by atoms with Gasteiger partial charge >= 0.3 is 5.97 Å². The van der Waals surface area contributed by atoms with Gasteiger partial charge in [0, 0.05) is 16.0 Å². The molecule has 24 heavy (non-hydrogen) atoms. The summed E-state index contributed by atoms with van der Waals surface area (Å²) in [4.78, 5) is 26.2. The smallest absolute Gasteiger partial charge is 0.323 e. The zero-order chi connectivity index (χ0) is 18.5. The van der Waals surface area contributed by atoms with Gasteiger partial charge in [-0.3, -0.25) is 4.79 Å². The molecule has 8 heteroatoms. The van der Waals surface area contributed by atoms with E-state index < -0.39 is 5.97 Å². The molecule has 0 aliphatic rings. The molecule has 0 bridgehead atoms. The van der Waals surface area contributed by atoms with Gasteiger partial charge < -0.3 is 10.0 Å². The summed E-state index contributed by atoms with van der Waals surface area (Å²) in [6.45, 7) is 16.3. The molecule has 1 aromatic rings. The molecule has 1 heterocycles. The average molecular weight is 371 g/mol. The Hall–Kier alpha value is -1.28. The van der Waals surface area contributed by atoms with Crippen molar-refractivity contribution in [3.8, 4) is 0 Å². The van der Waals surface area contributed by atoms with E-state index in [0.717, 1.165) is 0 Å². The molecule has 0 aromatic carbocycles. The number of nitrogens with zero attached hydrogens (tertiary/aromatic N) is 4. The van der Waals surface area contributed by atoms with E-state index in [2.05, 4.69) is 63.1 Å². The quantitative estimate of drug-likeness (QED) is 0.574. The lowest BCUT2D eigenvalue weighted by atomic mass is 10.3. The molecule has 0 saturated heterocycles. The van der Waals surface area contributed by atoms with E-state index in [1.54, 1.807) is 11.0 Å². The van der Waals surface area contributed by atoms with Gasteiger partial charge in [0.25, 0.3) is 0 Å². The third-order valence-electron chi connectivity index (χ3n) is 2.34. The highest BCUT2D eigenvalue weighted by Gasteiger charge is 2.22. The van der Waals surface area contributed by atoms with E-state index in [0.29, 0.717) is 22.8 Å². The lowest BCUT2D eigenvalue weighted by Crippen LogP contribution is -2.32. The van der Waals surface area contributed by atoms with Gasteiger partial charge in [-0.15, -0.1) is 6.58 Å². The van der Waals surface area contributed by atoms with Gasteiger partial charge in [-0.05, 0) is 0 Å². The van der Waals surface area contributed by atoms with Crippen molar-refractivity contribution >= 4 is 35.4 Å². The van der Waals surface area contributed by atoms with Crippen LogP contribution in [0.15, 0.2) is 23.0 Å². The Morgan fingerprint density at radius 2 is 1.54 bits per heavy atom. The maximum atomic E-state index is 11.1. The molecule has 0 spiro atoms. The highest BCUT2D eigenvalue weighted by Crippen LogP contribution is 2.34. The highest BCUT2D eigenvalue weighted by molar-refractivity contribution is 8.01. The van der Waals surface area contributed by atoms with Crippen LogP contribution >= 0.6 is 23.5 Å². The summed E-state index contributed by atoms with van der Waals surface area (Å²) < 4.78 is -0.114. The Balaban J connectivity index is 3.29. The highest BCUT2D eigenvalue weighted by atomic mass is 32.2. The second kappa shape index (κ2) is 8.20. The van der Waals surface area contributed by atoms with Crippen LogP contribution in [0.3, 0.4) is 0 Å². The molecule has 1 aromatic heterocycles. The van der Waals surface area contributed by atoms with E-state index in [-0.39, 0.29) is 16.0 Å². The van der Waals surface area contributed by atoms with Crippen molar-refractivity contribution in [1.82, 2.24) is 15.0 Å². The Kier molecular flexibility index (Phi) is 7.10. The summed E-state index contributed by atoms with van der Waals surface area (Å²) >= 11 is 3.07. The van der Waals surface area contributed by atoms with Gasteiger partial charge in [-0.25, -0.2) is 0 Å². The molecule has 0 radical (unpaired) electrons. The second-order valence-electron chi connectivity index (χ2n) is 7.19. The van der Waals surface area contributed by atoms with E-state index in [1.165, 1.54) is 23.5 Å². The van der Waals surface area contributed by atoms with Gasteiger partial charge in [0.05, 0.1) is 0 Å². The summed E-state index contributed by atoms with van der Waals surface area (Å²) in [6, 6.07) is 0. The largest absolute Gasteiger partial charge is 0.480 e. The third kappa shape index (κ3) is 8.01. The summed E-state index contributed by atoms with van der Waals surface area (Å²) in [5, 5.41) is 10.3. The van der Waals surface area contributed by atoms with E-state index >= 15 is 0 Å². The van der Waals surface area contributed by atoms with Crippen LogP contribution in [0.5, 0.6) is 0 Å². The number of thioether (sulfide) groups is 2. The number of carboxylic acid groups (broad SMARTS) is 1. The molecule has 0 fully saturated rings. The number of carbonyl (C=O) groups is 1. The maximum absolute atomic E-state index is 11.1. The molecule has 0 amide bonds. The minimum Gasteiger partial charge on any atom is -0.480 e. The number of aliphatic carboxylic acids is 1. The number of anilines is 1. The third-order valence-corrected chi connectivity index (χ3v) is 4.29. The summed E-state index contributed by atoms with van der Waals surface area (Å²) in [6.07, 6.45) is 1.64. The minimum absolute atomic E-state index is 0.0572. The predicted molar refractivity (Wildman–Crippen MR) is 101 cm³/mol. The first-order valence-electron chi connectivity index (χ1n) is 7.61. The minimum atomic E-state index is -0.938. The molecular formula is C16H26N4O2S2. The zero-order valence-corrected chi connectivity index (χ0v) is 16.8. The first kappa shape index (κ1) is 20.8. The Bertz CT molecular complexity index is 560. The average Bonchev–Trinajstić information content (AvgIpc) is 2.33. The normalized spacial score (nSPS) is 12.1. The van der Waals surface area contributed by atoms with Crippen molar-refractivity contribution in [2.24, 2.45) is 0 Å². The molecule has 134 valence electrons. The molecule has 0 atom stereocenters. The molecular weight excluding hydrogens is 344 g/mol. The molecule has 0 unspecified atom stereocenters. The topological polar surface area (TPSA) is 79.2 Å². The Labute approximate surface area is 152 Å². The molecule has 0 saturated carbocycles. The number of rotatable bonds is 7. The van der Waals surface area contributed by atoms with Crippen LogP contribution in [0, 0.1) is 0 Å². The van der Waals surface area contributed by atoms with Crippen molar-refractivity contribution in [2.75, 3.05) is 18.0 Å². The summed E-state index contributed by atoms with van der Waals surface area (Å²) in [7, 11) is 0. The lowest BCUT2D eigenvalue weighted by Gasteiger charge is -2.23. The van der Waals surface area contributed by atoms with Crippen molar-refractivity contribution in [1.29, 1.82) is 0 Å². The van der Waals surface area contributed by atoms with Crippen LogP contribution < -0.4 is 4.90 Å². The van der Waals surface area contributed by atoms with Crippen LogP contribution in [0.25, 0.3) is 0 Å². The van der Waals surface area contributed by atoms with Gasteiger partial charge in [-0.1, -0.05) is 71.1 Å². The van der Waals surface area contributed by atoms with Crippen LogP contribution in [-0.2, 0) is 4.79 Å². The van der Waals surface area contributed by atoms with Crippen LogP contribution in [0.4, 0.5) is 5.95 Å². The fourth-order valence-electron chi connectivity index (χ4n) is 1.64. The van der Waals surface area contributed by atoms with E-state index in [4.69, 9.17) is 5.11 Å². The van der Waals surface area contributed by atoms with E-state index in [1.807, 2.05) is 0 Å². The van der Waals surface area contributed by atoms with Crippen molar-refractivity contribution in [2.45, 2.75) is 61.3 Å². The maximum Gasteiger partial charge on any atom is 0.323 e. The van der Waals surface area contributed by atoms with Crippen molar-refractivity contribution in [3.05, 3.63) is 12.7 Å². The zero-order valence-electron chi connectivity index (χ0n) is 15.2. The summed E-state index contributed by atoms with van der Waals surface area (Å²) in [5.41, 5.74) is 0.